The standard InChI is InChI=1S/C14H25NO4/c1-10(2)7-11(9-15)8-13(16)18-5-3-12-4-6-19-14(12)17/h10-12H,3-9,15H2,1-2H3/t11-,12?/m0/s1. The van der Waals surface area contributed by atoms with Crippen LogP contribution in [0.15, 0.2) is 0 Å². The highest BCUT2D eigenvalue weighted by molar-refractivity contribution is 5.74. The van der Waals surface area contributed by atoms with Crippen LogP contribution < -0.4 is 5.73 Å². The molecule has 2 N–H and O–H groups in total. The lowest BCUT2D eigenvalue weighted by Gasteiger charge is -2.16. The Kier molecular flexibility index (Phi) is 6.84. The van der Waals surface area contributed by atoms with Gasteiger partial charge in [-0.1, -0.05) is 13.8 Å². The molecular weight excluding hydrogens is 246 g/mol. The Morgan fingerprint density at radius 2 is 2.26 bits per heavy atom. The number of rotatable bonds is 8. The van der Waals surface area contributed by atoms with Crippen LogP contribution >= 0.6 is 0 Å². The van der Waals surface area contributed by atoms with Gasteiger partial charge in [-0.25, -0.2) is 0 Å². The normalized spacial score (nSPS) is 20.4. The average molecular weight is 271 g/mol. The predicted molar refractivity (Wildman–Crippen MR) is 71.3 cm³/mol. The summed E-state index contributed by atoms with van der Waals surface area (Å²) in [6, 6.07) is 0. The van der Waals surface area contributed by atoms with Gasteiger partial charge in [0.1, 0.15) is 0 Å². The number of cyclic esters (lactones) is 1. The van der Waals surface area contributed by atoms with Gasteiger partial charge in [0, 0.05) is 6.42 Å². The summed E-state index contributed by atoms with van der Waals surface area (Å²) in [5.41, 5.74) is 5.65. The number of esters is 2. The molecule has 110 valence electrons. The molecule has 0 amide bonds. The predicted octanol–water partition coefficient (Wildman–Crippen LogP) is 1.49. The molecule has 0 aromatic rings. The highest BCUT2D eigenvalue weighted by atomic mass is 16.5. The Balaban J connectivity index is 2.17. The summed E-state index contributed by atoms with van der Waals surface area (Å²) in [5.74, 6) is 0.213. The Hall–Kier alpha value is -1.10. The molecule has 0 aliphatic carbocycles. The second-order valence-corrected chi connectivity index (χ2v) is 5.60. The van der Waals surface area contributed by atoms with Crippen molar-refractivity contribution < 1.29 is 19.1 Å². The summed E-state index contributed by atoms with van der Waals surface area (Å²) in [6.07, 6.45) is 2.58. The molecule has 1 heterocycles. The van der Waals surface area contributed by atoms with Crippen molar-refractivity contribution in [3.8, 4) is 0 Å². The van der Waals surface area contributed by atoms with Crippen molar-refractivity contribution in [1.82, 2.24) is 0 Å². The fraction of sp³-hybridized carbons (Fsp3) is 0.857. The van der Waals surface area contributed by atoms with E-state index in [1.54, 1.807) is 0 Å². The fourth-order valence-corrected chi connectivity index (χ4v) is 2.34. The van der Waals surface area contributed by atoms with Crippen molar-refractivity contribution in [2.45, 2.75) is 39.5 Å². The molecule has 0 aromatic carbocycles. The summed E-state index contributed by atoms with van der Waals surface area (Å²) in [5, 5.41) is 0. The smallest absolute Gasteiger partial charge is 0.309 e. The van der Waals surface area contributed by atoms with E-state index in [2.05, 4.69) is 13.8 Å². The lowest BCUT2D eigenvalue weighted by Crippen LogP contribution is -2.22. The largest absolute Gasteiger partial charge is 0.466 e. The first-order valence-corrected chi connectivity index (χ1v) is 7.05. The Labute approximate surface area is 114 Å². The molecule has 19 heavy (non-hydrogen) atoms. The number of ether oxygens (including phenoxy) is 2. The monoisotopic (exact) mass is 271 g/mol. The van der Waals surface area contributed by atoms with Gasteiger partial charge < -0.3 is 15.2 Å². The van der Waals surface area contributed by atoms with Gasteiger partial charge >= 0.3 is 11.9 Å². The van der Waals surface area contributed by atoms with E-state index >= 15 is 0 Å². The first kappa shape index (κ1) is 16.0. The highest BCUT2D eigenvalue weighted by Crippen LogP contribution is 2.19. The summed E-state index contributed by atoms with van der Waals surface area (Å²) in [4.78, 5) is 22.9. The second-order valence-electron chi connectivity index (χ2n) is 5.60. The molecule has 1 aliphatic heterocycles. The van der Waals surface area contributed by atoms with Crippen molar-refractivity contribution in [3.63, 3.8) is 0 Å². The molecule has 1 fully saturated rings. The van der Waals surface area contributed by atoms with Gasteiger partial charge in [-0.15, -0.1) is 0 Å². The molecule has 5 nitrogen and oxygen atoms in total. The second kappa shape index (κ2) is 8.15. The molecule has 0 radical (unpaired) electrons. The van der Waals surface area contributed by atoms with Gasteiger partial charge in [-0.3, -0.25) is 9.59 Å². The molecule has 2 atom stereocenters. The molecule has 0 bridgehead atoms. The van der Waals surface area contributed by atoms with Crippen LogP contribution in [0.3, 0.4) is 0 Å². The first-order valence-electron chi connectivity index (χ1n) is 7.05. The summed E-state index contributed by atoms with van der Waals surface area (Å²) in [6.45, 7) is 5.50. The van der Waals surface area contributed by atoms with Crippen LogP contribution in [0.4, 0.5) is 0 Å². The minimum absolute atomic E-state index is 0.103. The van der Waals surface area contributed by atoms with E-state index in [4.69, 9.17) is 15.2 Å². The molecule has 0 saturated carbocycles. The lowest BCUT2D eigenvalue weighted by molar-refractivity contribution is -0.147. The minimum Gasteiger partial charge on any atom is -0.466 e. The first-order chi connectivity index (χ1) is 9.02. The van der Waals surface area contributed by atoms with Gasteiger partial charge in [0.15, 0.2) is 0 Å². The van der Waals surface area contributed by atoms with Crippen LogP contribution in [0.1, 0.15) is 39.5 Å². The van der Waals surface area contributed by atoms with E-state index in [1.807, 2.05) is 0 Å². The molecule has 1 saturated heterocycles. The summed E-state index contributed by atoms with van der Waals surface area (Å²) < 4.78 is 10.0. The highest BCUT2D eigenvalue weighted by Gasteiger charge is 2.26. The van der Waals surface area contributed by atoms with Crippen LogP contribution in [0.2, 0.25) is 0 Å². The van der Waals surface area contributed by atoms with Gasteiger partial charge in [0.2, 0.25) is 0 Å². The summed E-state index contributed by atoms with van der Waals surface area (Å²) in [7, 11) is 0. The van der Waals surface area contributed by atoms with Crippen molar-refractivity contribution in [2.24, 2.45) is 23.5 Å². The Morgan fingerprint density at radius 3 is 2.79 bits per heavy atom. The number of hydrogen-bond donors (Lipinski definition) is 1. The Bertz CT molecular complexity index is 304. The topological polar surface area (TPSA) is 78.6 Å². The van der Waals surface area contributed by atoms with Gasteiger partial charge in [-0.05, 0) is 37.6 Å². The third kappa shape index (κ3) is 6.05. The molecule has 1 aliphatic rings. The molecule has 1 unspecified atom stereocenters. The SMILES string of the molecule is CC(C)C[C@H](CN)CC(=O)OCCC1CCOC1=O. The summed E-state index contributed by atoms with van der Waals surface area (Å²) >= 11 is 0. The van der Waals surface area contributed by atoms with Crippen molar-refractivity contribution in [3.05, 3.63) is 0 Å². The minimum atomic E-state index is -0.220. The number of hydrogen-bond acceptors (Lipinski definition) is 5. The van der Waals surface area contributed by atoms with Crippen LogP contribution in [-0.4, -0.2) is 31.7 Å². The number of nitrogens with two attached hydrogens (primary N) is 1. The van der Waals surface area contributed by atoms with Gasteiger partial charge in [-0.2, -0.15) is 0 Å². The molecule has 1 rings (SSSR count). The third-order valence-electron chi connectivity index (χ3n) is 3.37. The zero-order chi connectivity index (χ0) is 14.3. The maximum absolute atomic E-state index is 11.7. The van der Waals surface area contributed by atoms with Gasteiger partial charge in [0.05, 0.1) is 19.1 Å². The lowest BCUT2D eigenvalue weighted by atomic mass is 9.94. The van der Waals surface area contributed by atoms with Crippen LogP contribution in [0.25, 0.3) is 0 Å². The van der Waals surface area contributed by atoms with E-state index in [-0.39, 0.29) is 30.4 Å². The number of carbonyl (C=O) groups excluding carboxylic acids is 2. The van der Waals surface area contributed by atoms with Crippen molar-refractivity contribution >= 4 is 11.9 Å². The number of carbonyl (C=O) groups is 2. The van der Waals surface area contributed by atoms with Crippen LogP contribution in [-0.2, 0) is 19.1 Å². The van der Waals surface area contributed by atoms with E-state index in [0.29, 0.717) is 31.9 Å². The maximum atomic E-state index is 11.7. The van der Waals surface area contributed by atoms with E-state index in [9.17, 15) is 9.59 Å². The maximum Gasteiger partial charge on any atom is 0.309 e. The van der Waals surface area contributed by atoms with E-state index in [1.165, 1.54) is 0 Å². The zero-order valence-corrected chi connectivity index (χ0v) is 11.9. The molecule has 5 heteroatoms. The average Bonchev–Trinajstić information content (AvgIpc) is 2.73. The molecule has 0 aromatic heterocycles. The zero-order valence-electron chi connectivity index (χ0n) is 11.9. The molecule has 0 spiro atoms. The third-order valence-corrected chi connectivity index (χ3v) is 3.37. The fourth-order valence-electron chi connectivity index (χ4n) is 2.34. The Morgan fingerprint density at radius 1 is 1.53 bits per heavy atom. The van der Waals surface area contributed by atoms with Gasteiger partial charge in [0.25, 0.3) is 0 Å². The van der Waals surface area contributed by atoms with E-state index < -0.39 is 0 Å². The van der Waals surface area contributed by atoms with Crippen molar-refractivity contribution in [1.29, 1.82) is 0 Å². The van der Waals surface area contributed by atoms with Crippen molar-refractivity contribution in [2.75, 3.05) is 19.8 Å². The van der Waals surface area contributed by atoms with E-state index in [0.717, 1.165) is 12.8 Å². The van der Waals surface area contributed by atoms with Crippen LogP contribution in [0, 0.1) is 17.8 Å². The van der Waals surface area contributed by atoms with Crippen LogP contribution in [0.5, 0.6) is 0 Å². The molecular formula is C14H25NO4. The quantitative estimate of drug-likeness (QED) is 0.677.